The number of alkyl carbamates (subject to hydrolysis) is 1. The van der Waals surface area contributed by atoms with Gasteiger partial charge in [0.25, 0.3) is 0 Å². The molecule has 1 amide bonds. The highest BCUT2D eigenvalue weighted by atomic mass is 19.4. The SMILES string of the molecule is CC(NCCOC(=O)NCC(C)(C)C)c1cn[nH]c1C1CCC(COCC(F)(F)F)CC1. The number of carbonyl (C=O) groups excluding carboxylic acids is 1. The molecule has 1 aromatic heterocycles. The van der Waals surface area contributed by atoms with Crippen LogP contribution in [0.15, 0.2) is 6.20 Å². The Morgan fingerprint density at radius 2 is 1.94 bits per heavy atom. The van der Waals surface area contributed by atoms with E-state index in [1.54, 1.807) is 0 Å². The fourth-order valence-corrected chi connectivity index (χ4v) is 3.85. The third-order valence-corrected chi connectivity index (χ3v) is 5.59. The van der Waals surface area contributed by atoms with Crippen LogP contribution in [0, 0.1) is 11.3 Å². The Bertz CT molecular complexity index is 695. The van der Waals surface area contributed by atoms with Crippen molar-refractivity contribution in [1.82, 2.24) is 20.8 Å². The van der Waals surface area contributed by atoms with Crippen LogP contribution >= 0.6 is 0 Å². The maximum absolute atomic E-state index is 12.2. The third kappa shape index (κ3) is 9.77. The highest BCUT2D eigenvalue weighted by molar-refractivity contribution is 5.67. The van der Waals surface area contributed by atoms with Crippen LogP contribution in [0.3, 0.4) is 0 Å². The Hall–Kier alpha value is -1.81. The summed E-state index contributed by atoms with van der Waals surface area (Å²) in [7, 11) is 0. The number of nitrogens with one attached hydrogen (secondary N) is 3. The number of aromatic nitrogens is 2. The van der Waals surface area contributed by atoms with Gasteiger partial charge in [-0.05, 0) is 43.9 Å². The quantitative estimate of drug-likeness (QED) is 0.439. The maximum atomic E-state index is 12.2. The number of alkyl halides is 3. The van der Waals surface area contributed by atoms with Crippen molar-refractivity contribution in [2.45, 2.75) is 71.5 Å². The summed E-state index contributed by atoms with van der Waals surface area (Å²) in [5.41, 5.74) is 2.14. The van der Waals surface area contributed by atoms with Crippen LogP contribution in [-0.2, 0) is 9.47 Å². The highest BCUT2D eigenvalue weighted by Crippen LogP contribution is 2.37. The molecule has 1 heterocycles. The molecule has 1 fully saturated rings. The van der Waals surface area contributed by atoms with Crippen LogP contribution in [0.2, 0.25) is 0 Å². The lowest BCUT2D eigenvalue weighted by Crippen LogP contribution is -2.34. The number of hydrogen-bond donors (Lipinski definition) is 3. The number of halogens is 3. The summed E-state index contributed by atoms with van der Waals surface area (Å²) in [5.74, 6) is 0.465. The molecule has 0 spiro atoms. The van der Waals surface area contributed by atoms with E-state index in [1.807, 2.05) is 33.9 Å². The molecule has 1 unspecified atom stereocenters. The fourth-order valence-electron chi connectivity index (χ4n) is 3.85. The average molecular weight is 463 g/mol. The molecule has 1 aliphatic carbocycles. The van der Waals surface area contributed by atoms with E-state index in [0.717, 1.165) is 36.9 Å². The van der Waals surface area contributed by atoms with Crippen LogP contribution < -0.4 is 10.6 Å². The van der Waals surface area contributed by atoms with Crippen molar-refractivity contribution in [2.24, 2.45) is 11.3 Å². The smallest absolute Gasteiger partial charge is 0.411 e. The van der Waals surface area contributed by atoms with Crippen LogP contribution in [0.5, 0.6) is 0 Å². The van der Waals surface area contributed by atoms with Crippen molar-refractivity contribution in [3.63, 3.8) is 0 Å². The molecule has 0 radical (unpaired) electrons. The minimum Gasteiger partial charge on any atom is -0.448 e. The number of H-pyrrole nitrogens is 1. The standard InChI is InChI=1S/C22H37F3N4O3/c1-15(26-9-10-32-20(30)27-13-21(2,3)4)18-11-28-29-19(18)17-7-5-16(6-8-17)12-31-14-22(23,24)25/h11,15-17,26H,5-10,12-14H2,1-4H3,(H,27,30)(H,28,29). The molecule has 0 aliphatic heterocycles. The van der Waals surface area contributed by atoms with Crippen molar-refractivity contribution >= 4 is 6.09 Å². The molecule has 7 nitrogen and oxygen atoms in total. The van der Waals surface area contributed by atoms with Gasteiger partial charge in [-0.15, -0.1) is 0 Å². The lowest BCUT2D eigenvalue weighted by molar-refractivity contribution is -0.177. The van der Waals surface area contributed by atoms with Gasteiger partial charge in [0.05, 0.1) is 6.20 Å². The number of rotatable bonds is 10. The van der Waals surface area contributed by atoms with Gasteiger partial charge < -0.3 is 20.1 Å². The number of ether oxygens (including phenoxy) is 2. The van der Waals surface area contributed by atoms with Gasteiger partial charge in [-0.3, -0.25) is 5.10 Å². The Balaban J connectivity index is 1.71. The predicted molar refractivity (Wildman–Crippen MR) is 115 cm³/mol. The number of amides is 1. The van der Waals surface area contributed by atoms with Gasteiger partial charge in [-0.25, -0.2) is 4.79 Å². The van der Waals surface area contributed by atoms with Crippen molar-refractivity contribution in [1.29, 1.82) is 0 Å². The molecule has 0 bridgehead atoms. The van der Waals surface area contributed by atoms with E-state index in [4.69, 9.17) is 9.47 Å². The first-order valence-corrected chi connectivity index (χ1v) is 11.3. The normalized spacial score (nSPS) is 20.7. The lowest BCUT2D eigenvalue weighted by Gasteiger charge is -2.29. The first-order chi connectivity index (χ1) is 14.9. The summed E-state index contributed by atoms with van der Waals surface area (Å²) < 4.78 is 46.7. The zero-order valence-electron chi connectivity index (χ0n) is 19.5. The van der Waals surface area contributed by atoms with Crippen molar-refractivity contribution in [2.75, 3.05) is 32.9 Å². The minimum absolute atomic E-state index is 0.00130. The molecular formula is C22H37F3N4O3. The van der Waals surface area contributed by atoms with Gasteiger partial charge in [-0.1, -0.05) is 20.8 Å². The molecule has 1 aromatic rings. The summed E-state index contributed by atoms with van der Waals surface area (Å²) >= 11 is 0. The van der Waals surface area contributed by atoms with E-state index in [9.17, 15) is 18.0 Å². The van der Waals surface area contributed by atoms with Crippen LogP contribution in [0.1, 0.15) is 76.6 Å². The second kappa shape index (κ2) is 11.9. The molecule has 184 valence electrons. The topological polar surface area (TPSA) is 88.3 Å². The molecule has 2 rings (SSSR count). The minimum atomic E-state index is -4.27. The Kier molecular flexibility index (Phi) is 9.82. The number of nitrogens with zero attached hydrogens (tertiary/aromatic N) is 1. The summed E-state index contributed by atoms with van der Waals surface area (Å²) in [6.07, 6.45) is 0.558. The molecule has 1 saturated carbocycles. The summed E-state index contributed by atoms with van der Waals surface area (Å²) in [6.45, 7) is 8.43. The molecule has 0 saturated heterocycles. The van der Waals surface area contributed by atoms with Crippen LogP contribution in [-0.4, -0.2) is 55.4 Å². The Labute approximate surface area is 188 Å². The van der Waals surface area contributed by atoms with E-state index in [2.05, 4.69) is 20.8 Å². The molecular weight excluding hydrogens is 425 g/mol. The number of aromatic amines is 1. The van der Waals surface area contributed by atoms with Crippen LogP contribution in [0.4, 0.5) is 18.0 Å². The highest BCUT2D eigenvalue weighted by Gasteiger charge is 2.30. The van der Waals surface area contributed by atoms with Crippen LogP contribution in [0.25, 0.3) is 0 Å². The maximum Gasteiger partial charge on any atom is 0.411 e. The van der Waals surface area contributed by atoms with Gasteiger partial charge in [-0.2, -0.15) is 18.3 Å². The van der Waals surface area contributed by atoms with E-state index in [0.29, 0.717) is 19.0 Å². The zero-order chi connectivity index (χ0) is 23.8. The molecule has 1 atom stereocenters. The van der Waals surface area contributed by atoms with E-state index in [1.165, 1.54) is 0 Å². The largest absolute Gasteiger partial charge is 0.448 e. The number of hydrogen-bond acceptors (Lipinski definition) is 5. The fraction of sp³-hybridized carbons (Fsp3) is 0.818. The first kappa shape index (κ1) is 26.4. The molecule has 1 aliphatic rings. The molecule has 32 heavy (non-hydrogen) atoms. The van der Waals surface area contributed by atoms with Gasteiger partial charge >= 0.3 is 12.3 Å². The first-order valence-electron chi connectivity index (χ1n) is 11.3. The Morgan fingerprint density at radius 3 is 2.56 bits per heavy atom. The van der Waals surface area contributed by atoms with Gasteiger partial charge in [0.2, 0.25) is 0 Å². The summed E-state index contributed by atoms with van der Waals surface area (Å²) in [6, 6.07) is 0.0258. The zero-order valence-corrected chi connectivity index (χ0v) is 19.5. The molecule has 3 N–H and O–H groups in total. The van der Waals surface area contributed by atoms with Gasteiger partial charge in [0, 0.05) is 42.9 Å². The lowest BCUT2D eigenvalue weighted by atomic mass is 9.79. The van der Waals surface area contributed by atoms with Crippen molar-refractivity contribution in [3.8, 4) is 0 Å². The molecule has 10 heteroatoms. The molecule has 0 aromatic carbocycles. The Morgan fingerprint density at radius 1 is 1.25 bits per heavy atom. The van der Waals surface area contributed by atoms with E-state index >= 15 is 0 Å². The van der Waals surface area contributed by atoms with E-state index in [-0.39, 0.29) is 30.6 Å². The average Bonchev–Trinajstić information content (AvgIpc) is 3.18. The number of carbonyl (C=O) groups is 1. The summed E-state index contributed by atoms with van der Waals surface area (Å²) in [4.78, 5) is 11.7. The van der Waals surface area contributed by atoms with E-state index < -0.39 is 18.9 Å². The monoisotopic (exact) mass is 462 g/mol. The van der Waals surface area contributed by atoms with Crippen molar-refractivity contribution in [3.05, 3.63) is 17.5 Å². The second-order valence-electron chi connectivity index (χ2n) is 9.81. The summed E-state index contributed by atoms with van der Waals surface area (Å²) in [5, 5.41) is 13.4. The third-order valence-electron chi connectivity index (χ3n) is 5.59. The second-order valence-corrected chi connectivity index (χ2v) is 9.81. The van der Waals surface area contributed by atoms with Gasteiger partial charge in [0.15, 0.2) is 0 Å². The van der Waals surface area contributed by atoms with Gasteiger partial charge in [0.1, 0.15) is 13.2 Å². The van der Waals surface area contributed by atoms with Crippen molar-refractivity contribution < 1.29 is 27.4 Å². The predicted octanol–water partition coefficient (Wildman–Crippen LogP) is 4.69.